The molecule has 3 rings (SSSR count). The molecule has 2 aromatic rings. The summed E-state index contributed by atoms with van der Waals surface area (Å²) in [6.45, 7) is 7.89. The van der Waals surface area contributed by atoms with E-state index < -0.39 is 16.1 Å². The van der Waals surface area contributed by atoms with Crippen LogP contribution in [0.15, 0.2) is 42.5 Å². The van der Waals surface area contributed by atoms with Gasteiger partial charge in [-0.15, -0.1) is 0 Å². The molecule has 0 saturated heterocycles. The molecule has 1 amide bonds. The van der Waals surface area contributed by atoms with Gasteiger partial charge < -0.3 is 24.2 Å². The summed E-state index contributed by atoms with van der Waals surface area (Å²) in [5.74, 6) is 0.793. The van der Waals surface area contributed by atoms with Crippen LogP contribution in [-0.4, -0.2) is 94.2 Å². The Morgan fingerprint density at radius 1 is 1.17 bits per heavy atom. The van der Waals surface area contributed by atoms with E-state index in [2.05, 4.69) is 23.6 Å². The predicted molar refractivity (Wildman–Crippen MR) is 165 cm³/mol. The number of hydrogen-bond donors (Lipinski definition) is 2. The van der Waals surface area contributed by atoms with Gasteiger partial charge in [0, 0.05) is 37.8 Å². The number of fused-ring (bicyclic) bond motifs is 1. The molecule has 0 spiro atoms. The van der Waals surface area contributed by atoms with E-state index in [0.717, 1.165) is 43.4 Å². The standard InChI is InChI=1S/C31H47N3O7S/c1-22-18-34(23(2)21-35)31(36)28-17-26(32-42(6,37)38)12-15-29(28)41-24(3)9-7-8-16-40-30(22)20-33(4)19-25-10-13-27(39-5)14-11-25/h10-15,17,22-24,30,32,35H,7-9,16,18-21H2,1-6H3/t22-,23-,24+,30-/m1/s1. The Hall–Kier alpha value is -2.86. The van der Waals surface area contributed by atoms with Crippen LogP contribution < -0.4 is 14.2 Å². The maximum Gasteiger partial charge on any atom is 0.258 e. The number of methoxy groups -OCH3 is 1. The first-order valence-electron chi connectivity index (χ1n) is 14.5. The van der Waals surface area contributed by atoms with Crippen molar-refractivity contribution in [1.29, 1.82) is 0 Å². The average Bonchev–Trinajstić information content (AvgIpc) is 2.94. The van der Waals surface area contributed by atoms with Crippen LogP contribution in [0, 0.1) is 5.92 Å². The third kappa shape index (κ3) is 10.1. The molecule has 0 bridgehead atoms. The molecular formula is C31H47N3O7S. The molecule has 0 fully saturated rings. The van der Waals surface area contributed by atoms with Crippen molar-refractivity contribution in [2.45, 2.75) is 64.8 Å². The number of sulfonamides is 1. The van der Waals surface area contributed by atoms with Gasteiger partial charge in [0.05, 0.1) is 43.8 Å². The molecule has 1 heterocycles. The number of rotatable bonds is 9. The highest BCUT2D eigenvalue weighted by atomic mass is 32.2. The first-order chi connectivity index (χ1) is 19.9. The smallest absolute Gasteiger partial charge is 0.258 e. The van der Waals surface area contributed by atoms with Crippen LogP contribution in [-0.2, 0) is 21.3 Å². The summed E-state index contributed by atoms with van der Waals surface area (Å²) < 4.78 is 44.2. The van der Waals surface area contributed by atoms with Gasteiger partial charge in [-0.2, -0.15) is 0 Å². The highest BCUT2D eigenvalue weighted by molar-refractivity contribution is 7.92. The third-order valence-corrected chi connectivity index (χ3v) is 8.06. The van der Waals surface area contributed by atoms with Crippen molar-refractivity contribution in [2.75, 3.05) is 51.4 Å². The fourth-order valence-corrected chi connectivity index (χ4v) is 5.63. The molecule has 42 heavy (non-hydrogen) atoms. The number of aliphatic hydroxyl groups is 1. The van der Waals surface area contributed by atoms with Crippen molar-refractivity contribution in [2.24, 2.45) is 5.92 Å². The second-order valence-electron chi connectivity index (χ2n) is 11.4. The van der Waals surface area contributed by atoms with Gasteiger partial charge in [0.2, 0.25) is 10.0 Å². The number of anilines is 1. The quantitative estimate of drug-likeness (QED) is 0.441. The number of ether oxygens (including phenoxy) is 3. The number of nitrogens with zero attached hydrogens (tertiary/aromatic N) is 2. The lowest BCUT2D eigenvalue weighted by Crippen LogP contribution is -2.47. The Morgan fingerprint density at radius 3 is 2.52 bits per heavy atom. The summed E-state index contributed by atoms with van der Waals surface area (Å²) in [7, 11) is 0.149. The molecule has 10 nitrogen and oxygen atoms in total. The first kappa shape index (κ1) is 33.6. The van der Waals surface area contributed by atoms with E-state index in [1.54, 1.807) is 31.1 Å². The van der Waals surface area contributed by atoms with Gasteiger partial charge in [-0.25, -0.2) is 8.42 Å². The van der Waals surface area contributed by atoms with E-state index in [1.807, 2.05) is 31.2 Å². The number of benzene rings is 2. The molecule has 234 valence electrons. The second kappa shape index (κ2) is 15.6. The fraction of sp³-hybridized carbons (Fsp3) is 0.581. The monoisotopic (exact) mass is 605 g/mol. The largest absolute Gasteiger partial charge is 0.497 e. The molecule has 0 unspecified atom stereocenters. The first-order valence-corrected chi connectivity index (χ1v) is 16.4. The Kier molecular flexibility index (Phi) is 12.5. The molecule has 2 N–H and O–H groups in total. The fourth-order valence-electron chi connectivity index (χ4n) is 5.08. The molecule has 0 aromatic heterocycles. The van der Waals surface area contributed by atoms with Crippen LogP contribution in [0.25, 0.3) is 0 Å². The van der Waals surface area contributed by atoms with E-state index in [9.17, 15) is 18.3 Å². The van der Waals surface area contributed by atoms with Crippen molar-refractivity contribution in [3.8, 4) is 11.5 Å². The molecule has 1 aliphatic rings. The Balaban J connectivity index is 1.90. The van der Waals surface area contributed by atoms with Gasteiger partial charge in [0.1, 0.15) is 11.5 Å². The van der Waals surface area contributed by atoms with Crippen molar-refractivity contribution < 1.29 is 32.5 Å². The lowest BCUT2D eigenvalue weighted by molar-refractivity contribution is -0.0177. The zero-order valence-corrected chi connectivity index (χ0v) is 26.5. The second-order valence-corrected chi connectivity index (χ2v) is 13.2. The Labute approximate surface area is 251 Å². The minimum Gasteiger partial charge on any atom is -0.497 e. The summed E-state index contributed by atoms with van der Waals surface area (Å²) >= 11 is 0. The molecule has 0 radical (unpaired) electrons. The van der Waals surface area contributed by atoms with Gasteiger partial charge in [-0.05, 0) is 76.1 Å². The number of amides is 1. The highest BCUT2D eigenvalue weighted by Gasteiger charge is 2.30. The van der Waals surface area contributed by atoms with Gasteiger partial charge in [-0.3, -0.25) is 14.4 Å². The van der Waals surface area contributed by atoms with Gasteiger partial charge >= 0.3 is 0 Å². The number of likely N-dealkylation sites (N-methyl/N-ethyl adjacent to an activating group) is 1. The van der Waals surface area contributed by atoms with Gasteiger partial charge in [0.15, 0.2) is 0 Å². The van der Waals surface area contributed by atoms with Crippen LogP contribution in [0.5, 0.6) is 11.5 Å². The van der Waals surface area contributed by atoms with E-state index in [1.165, 1.54) is 6.07 Å². The summed E-state index contributed by atoms with van der Waals surface area (Å²) in [5.41, 5.74) is 1.67. The van der Waals surface area contributed by atoms with Crippen molar-refractivity contribution >= 4 is 21.6 Å². The van der Waals surface area contributed by atoms with Gasteiger partial charge in [-0.1, -0.05) is 19.1 Å². The highest BCUT2D eigenvalue weighted by Crippen LogP contribution is 2.29. The number of nitrogens with one attached hydrogen (secondary N) is 1. The van der Waals surface area contributed by atoms with E-state index in [0.29, 0.717) is 25.4 Å². The summed E-state index contributed by atoms with van der Waals surface area (Å²) in [5, 5.41) is 10.1. The molecule has 0 saturated carbocycles. The summed E-state index contributed by atoms with van der Waals surface area (Å²) in [6.07, 6.45) is 3.28. The molecule has 4 atom stereocenters. The lowest BCUT2D eigenvalue weighted by atomic mass is 10.0. The van der Waals surface area contributed by atoms with E-state index in [-0.39, 0.29) is 41.9 Å². The molecular weight excluding hydrogens is 558 g/mol. The van der Waals surface area contributed by atoms with Crippen LogP contribution in [0.4, 0.5) is 5.69 Å². The SMILES string of the molecule is COc1ccc(CN(C)C[C@H]2OCCCC[C@H](C)Oc3ccc(NS(C)(=O)=O)cc3C(=O)N([C@H](C)CO)C[C@H]2C)cc1. The van der Waals surface area contributed by atoms with Crippen LogP contribution in [0.3, 0.4) is 0 Å². The minimum absolute atomic E-state index is 0.0650. The van der Waals surface area contributed by atoms with Crippen LogP contribution >= 0.6 is 0 Å². The Morgan fingerprint density at radius 2 is 1.88 bits per heavy atom. The third-order valence-electron chi connectivity index (χ3n) is 7.46. The van der Waals surface area contributed by atoms with Gasteiger partial charge in [0.25, 0.3) is 5.91 Å². The summed E-state index contributed by atoms with van der Waals surface area (Å²) in [4.78, 5) is 17.9. The average molecular weight is 606 g/mol. The number of carbonyl (C=O) groups excluding carboxylic acids is 1. The summed E-state index contributed by atoms with van der Waals surface area (Å²) in [6, 6.07) is 12.2. The zero-order chi connectivity index (χ0) is 30.9. The maximum atomic E-state index is 14.1. The van der Waals surface area contributed by atoms with Crippen molar-refractivity contribution in [3.05, 3.63) is 53.6 Å². The number of carbonyl (C=O) groups is 1. The normalized spacial score (nSPS) is 21.7. The molecule has 2 aromatic carbocycles. The predicted octanol–water partition coefficient (Wildman–Crippen LogP) is 3.99. The number of aliphatic hydroxyl groups excluding tert-OH is 1. The number of hydrogen-bond acceptors (Lipinski definition) is 8. The van der Waals surface area contributed by atoms with Crippen molar-refractivity contribution in [3.63, 3.8) is 0 Å². The Bertz CT molecular complexity index is 1260. The van der Waals surface area contributed by atoms with Crippen LogP contribution in [0.1, 0.15) is 56.0 Å². The van der Waals surface area contributed by atoms with E-state index in [4.69, 9.17) is 14.2 Å². The zero-order valence-electron chi connectivity index (χ0n) is 25.7. The molecule has 0 aliphatic carbocycles. The van der Waals surface area contributed by atoms with Crippen LogP contribution in [0.2, 0.25) is 0 Å². The maximum absolute atomic E-state index is 14.1. The van der Waals surface area contributed by atoms with E-state index >= 15 is 0 Å². The topological polar surface area (TPSA) is 118 Å². The molecule has 11 heteroatoms. The molecule has 1 aliphatic heterocycles. The minimum atomic E-state index is -3.55. The van der Waals surface area contributed by atoms with Crippen molar-refractivity contribution in [1.82, 2.24) is 9.80 Å². The lowest BCUT2D eigenvalue weighted by Gasteiger charge is -2.36.